The fraction of sp³-hybridized carbons (Fsp3) is 1.00. The van der Waals surface area contributed by atoms with Crippen molar-refractivity contribution in [2.75, 3.05) is 40.9 Å². The molecule has 0 heterocycles. The molecule has 0 aromatic rings. The Morgan fingerprint density at radius 3 is 2.33 bits per heavy atom. The van der Waals surface area contributed by atoms with E-state index in [2.05, 4.69) is 19.2 Å². The van der Waals surface area contributed by atoms with Crippen LogP contribution >= 0.6 is 0 Å². The molecule has 0 aromatic carbocycles. The topological polar surface area (TPSA) is 44.7 Å². The van der Waals surface area contributed by atoms with Crippen molar-refractivity contribution < 1.29 is 9.84 Å². The molecule has 0 radical (unpaired) electrons. The monoisotopic (exact) mass is 218 g/mol. The van der Waals surface area contributed by atoms with Crippen molar-refractivity contribution in [2.24, 2.45) is 5.92 Å². The van der Waals surface area contributed by atoms with Gasteiger partial charge in [-0.2, -0.15) is 0 Å². The molecule has 4 heteroatoms. The average molecular weight is 218 g/mol. The van der Waals surface area contributed by atoms with Crippen LogP contribution in [0.15, 0.2) is 0 Å². The van der Waals surface area contributed by atoms with Gasteiger partial charge < -0.3 is 20.1 Å². The fourth-order valence-corrected chi connectivity index (χ4v) is 1.44. The largest absolute Gasteiger partial charge is 0.390 e. The number of methoxy groups -OCH3 is 1. The highest BCUT2D eigenvalue weighted by atomic mass is 16.5. The molecule has 2 atom stereocenters. The zero-order valence-corrected chi connectivity index (χ0v) is 10.7. The maximum atomic E-state index is 9.67. The van der Waals surface area contributed by atoms with E-state index in [1.165, 1.54) is 0 Å². The smallest absolute Gasteiger partial charge is 0.0791 e. The highest BCUT2D eigenvalue weighted by Crippen LogP contribution is 2.01. The molecule has 2 unspecified atom stereocenters. The quantitative estimate of drug-likeness (QED) is 0.609. The Kier molecular flexibility index (Phi) is 7.96. The van der Waals surface area contributed by atoms with Crippen LogP contribution in [0, 0.1) is 5.92 Å². The van der Waals surface area contributed by atoms with E-state index in [0.29, 0.717) is 31.7 Å². The zero-order chi connectivity index (χ0) is 11.8. The van der Waals surface area contributed by atoms with Gasteiger partial charge in [-0.15, -0.1) is 0 Å². The van der Waals surface area contributed by atoms with Crippen LogP contribution in [0.2, 0.25) is 0 Å². The van der Waals surface area contributed by atoms with Crippen LogP contribution in [0.3, 0.4) is 0 Å². The lowest BCUT2D eigenvalue weighted by molar-refractivity contribution is 0.108. The van der Waals surface area contributed by atoms with Crippen LogP contribution in [-0.4, -0.2) is 63.1 Å². The van der Waals surface area contributed by atoms with Gasteiger partial charge in [0.15, 0.2) is 0 Å². The maximum absolute atomic E-state index is 9.67. The highest BCUT2D eigenvalue weighted by Gasteiger charge is 2.14. The van der Waals surface area contributed by atoms with Gasteiger partial charge in [0, 0.05) is 26.2 Å². The van der Waals surface area contributed by atoms with Gasteiger partial charge in [-0.25, -0.2) is 0 Å². The summed E-state index contributed by atoms with van der Waals surface area (Å²) >= 11 is 0. The Bertz CT molecular complexity index is 152. The van der Waals surface area contributed by atoms with Crippen molar-refractivity contribution in [1.29, 1.82) is 0 Å². The first-order valence-electron chi connectivity index (χ1n) is 5.52. The summed E-state index contributed by atoms with van der Waals surface area (Å²) in [5.41, 5.74) is 0. The molecule has 0 saturated carbocycles. The molecule has 2 N–H and O–H groups in total. The van der Waals surface area contributed by atoms with Crippen LogP contribution in [0.5, 0.6) is 0 Å². The predicted molar refractivity (Wildman–Crippen MR) is 63.1 cm³/mol. The van der Waals surface area contributed by atoms with Gasteiger partial charge in [-0.3, -0.25) is 0 Å². The highest BCUT2D eigenvalue weighted by molar-refractivity contribution is 4.72. The van der Waals surface area contributed by atoms with Crippen molar-refractivity contribution in [2.45, 2.75) is 26.0 Å². The summed E-state index contributed by atoms with van der Waals surface area (Å²) in [6.07, 6.45) is -0.321. The van der Waals surface area contributed by atoms with Gasteiger partial charge in [0.2, 0.25) is 0 Å². The van der Waals surface area contributed by atoms with E-state index in [9.17, 15) is 5.11 Å². The molecule has 0 amide bonds. The molecule has 92 valence electrons. The summed E-state index contributed by atoms with van der Waals surface area (Å²) in [7, 11) is 5.61. The maximum Gasteiger partial charge on any atom is 0.0791 e. The van der Waals surface area contributed by atoms with Gasteiger partial charge in [0.05, 0.1) is 12.7 Å². The summed E-state index contributed by atoms with van der Waals surface area (Å²) in [4.78, 5) is 1.98. The molecule has 0 saturated heterocycles. The summed E-state index contributed by atoms with van der Waals surface area (Å²) in [5, 5.41) is 13.0. The molecule has 0 spiro atoms. The molecule has 4 nitrogen and oxygen atoms in total. The first kappa shape index (κ1) is 14.8. The molecule has 0 aliphatic heterocycles. The number of aliphatic hydroxyl groups excluding tert-OH is 1. The summed E-state index contributed by atoms with van der Waals surface area (Å²) in [6, 6.07) is 0.312. The first-order chi connectivity index (χ1) is 6.97. The van der Waals surface area contributed by atoms with E-state index in [0.717, 1.165) is 0 Å². The second-order valence-electron chi connectivity index (χ2n) is 4.63. The van der Waals surface area contributed by atoms with Crippen LogP contribution in [0.4, 0.5) is 0 Å². The lowest BCUT2D eigenvalue weighted by atomic mass is 10.1. The number of likely N-dealkylation sites (N-methyl/N-ethyl adjacent to an activating group) is 1. The molecular formula is C11H26N2O2. The second kappa shape index (κ2) is 8.05. The lowest BCUT2D eigenvalue weighted by Gasteiger charge is -2.24. The number of hydrogen-bond acceptors (Lipinski definition) is 4. The zero-order valence-electron chi connectivity index (χ0n) is 10.7. The third-order valence-electron chi connectivity index (χ3n) is 2.34. The number of nitrogens with zero attached hydrogens (tertiary/aromatic N) is 1. The van der Waals surface area contributed by atoms with E-state index in [1.807, 2.05) is 19.0 Å². The average Bonchev–Trinajstić information content (AvgIpc) is 2.10. The Morgan fingerprint density at radius 2 is 1.93 bits per heavy atom. The molecule has 0 rings (SSSR count). The SMILES string of the molecule is COCC(NCC(O)CN(C)C)C(C)C. The minimum Gasteiger partial charge on any atom is -0.390 e. The van der Waals surface area contributed by atoms with Crippen molar-refractivity contribution >= 4 is 0 Å². The van der Waals surface area contributed by atoms with Gasteiger partial charge >= 0.3 is 0 Å². The summed E-state index contributed by atoms with van der Waals surface area (Å²) in [6.45, 7) is 6.28. The Hall–Kier alpha value is -0.160. The molecule has 0 aliphatic rings. The summed E-state index contributed by atoms with van der Waals surface area (Å²) < 4.78 is 5.12. The van der Waals surface area contributed by atoms with Gasteiger partial charge in [0.1, 0.15) is 0 Å². The summed E-state index contributed by atoms with van der Waals surface area (Å²) in [5.74, 6) is 0.511. The lowest BCUT2D eigenvalue weighted by Crippen LogP contribution is -2.44. The van der Waals surface area contributed by atoms with E-state index in [1.54, 1.807) is 7.11 Å². The van der Waals surface area contributed by atoms with Crippen LogP contribution < -0.4 is 5.32 Å². The third kappa shape index (κ3) is 7.73. The predicted octanol–water partition coefficient (Wildman–Crippen LogP) is 0.170. The van der Waals surface area contributed by atoms with Crippen LogP contribution in [0.25, 0.3) is 0 Å². The fourth-order valence-electron chi connectivity index (χ4n) is 1.44. The minimum atomic E-state index is -0.321. The molecule has 0 bridgehead atoms. The number of aliphatic hydroxyl groups is 1. The minimum absolute atomic E-state index is 0.312. The van der Waals surface area contributed by atoms with Gasteiger partial charge in [-0.05, 0) is 20.0 Å². The van der Waals surface area contributed by atoms with Gasteiger partial charge in [0.25, 0.3) is 0 Å². The van der Waals surface area contributed by atoms with Crippen molar-refractivity contribution in [3.05, 3.63) is 0 Å². The standard InChI is InChI=1S/C11H26N2O2/c1-9(2)11(8-15-5)12-6-10(14)7-13(3)4/h9-12,14H,6-8H2,1-5H3. The van der Waals surface area contributed by atoms with E-state index in [4.69, 9.17) is 4.74 Å². The van der Waals surface area contributed by atoms with Crippen LogP contribution in [0.1, 0.15) is 13.8 Å². The van der Waals surface area contributed by atoms with Crippen molar-refractivity contribution in [3.63, 3.8) is 0 Å². The molecule has 15 heavy (non-hydrogen) atoms. The van der Waals surface area contributed by atoms with Crippen molar-refractivity contribution in [1.82, 2.24) is 10.2 Å². The number of ether oxygens (including phenoxy) is 1. The van der Waals surface area contributed by atoms with E-state index >= 15 is 0 Å². The normalized spacial score (nSPS) is 16.0. The molecule has 0 fully saturated rings. The Balaban J connectivity index is 3.77. The second-order valence-corrected chi connectivity index (χ2v) is 4.63. The molecule has 0 aliphatic carbocycles. The molecule has 0 aromatic heterocycles. The van der Waals surface area contributed by atoms with E-state index < -0.39 is 0 Å². The Labute approximate surface area is 93.6 Å². The number of nitrogens with one attached hydrogen (secondary N) is 1. The molecular weight excluding hydrogens is 192 g/mol. The Morgan fingerprint density at radius 1 is 1.33 bits per heavy atom. The third-order valence-corrected chi connectivity index (χ3v) is 2.34. The number of hydrogen-bond donors (Lipinski definition) is 2. The van der Waals surface area contributed by atoms with Crippen LogP contribution in [-0.2, 0) is 4.74 Å². The van der Waals surface area contributed by atoms with E-state index in [-0.39, 0.29) is 6.10 Å². The number of rotatable bonds is 8. The first-order valence-corrected chi connectivity index (χ1v) is 5.52. The van der Waals surface area contributed by atoms with Crippen molar-refractivity contribution in [3.8, 4) is 0 Å². The van der Waals surface area contributed by atoms with Gasteiger partial charge in [-0.1, -0.05) is 13.8 Å².